The van der Waals surface area contributed by atoms with Crippen molar-refractivity contribution in [2.75, 3.05) is 20.6 Å². The maximum absolute atomic E-state index is 13.1. The highest BCUT2D eigenvalue weighted by Gasteiger charge is 2.16. The molecule has 1 unspecified atom stereocenters. The Hall–Kier alpha value is -1.95. The van der Waals surface area contributed by atoms with Crippen LogP contribution in [0, 0.1) is 5.82 Å². The Morgan fingerprint density at radius 1 is 1.07 bits per heavy atom. The van der Waals surface area contributed by atoms with Gasteiger partial charge in [0, 0.05) is 13.0 Å². The fraction of sp³-hybridized carbons (Fsp3) is 0.636. The number of carboxylic acids is 1. The number of nitrogens with one attached hydrogen (secondary N) is 1. The quantitative estimate of drug-likeness (QED) is 0.441. The maximum atomic E-state index is 13.1. The van der Waals surface area contributed by atoms with Gasteiger partial charge in [-0.3, -0.25) is 9.59 Å². The summed E-state index contributed by atoms with van der Waals surface area (Å²) in [5, 5.41) is 11.8. The molecule has 1 amide bonds. The van der Waals surface area contributed by atoms with Crippen LogP contribution in [-0.4, -0.2) is 48.6 Å². The summed E-state index contributed by atoms with van der Waals surface area (Å²) in [7, 11) is 3.72. The maximum Gasteiger partial charge on any atom is 0.305 e. The van der Waals surface area contributed by atoms with Gasteiger partial charge >= 0.3 is 5.97 Å². The van der Waals surface area contributed by atoms with Gasteiger partial charge < -0.3 is 15.3 Å². The van der Waals surface area contributed by atoms with Crippen LogP contribution in [0.2, 0.25) is 0 Å². The van der Waals surface area contributed by atoms with Gasteiger partial charge in [-0.2, -0.15) is 0 Å². The number of hydrogen-bond acceptors (Lipinski definition) is 3. The number of likely N-dealkylation sites (N-methyl/N-ethyl adjacent to an activating group) is 1. The number of nitrogens with zero attached hydrogens (tertiary/aromatic N) is 1. The first-order valence-corrected chi connectivity index (χ1v) is 10.3. The van der Waals surface area contributed by atoms with Gasteiger partial charge in [0.2, 0.25) is 5.91 Å². The first kappa shape index (κ1) is 24.1. The lowest BCUT2D eigenvalue weighted by Gasteiger charge is -2.20. The molecule has 0 aromatic heterocycles. The molecule has 28 heavy (non-hydrogen) atoms. The topological polar surface area (TPSA) is 69.6 Å². The van der Waals surface area contributed by atoms with Crippen molar-refractivity contribution in [1.29, 1.82) is 0 Å². The molecule has 0 aliphatic carbocycles. The molecule has 0 spiro atoms. The number of carboxylic acid groups (broad SMARTS) is 1. The highest BCUT2D eigenvalue weighted by atomic mass is 19.1. The standard InChI is InChI=1S/C22H35FN2O3/c1-25(2)17-20(16-22(27)28)24-21(26)14-9-7-5-3-4-6-8-11-18-12-10-13-19(23)15-18/h10,12-13,15,20H,3-9,11,14,16-17H2,1-2H3,(H,24,26)(H,27,28). The number of carbonyl (C=O) groups is 2. The molecule has 1 rings (SSSR count). The minimum absolute atomic E-state index is 0.0560. The summed E-state index contributed by atoms with van der Waals surface area (Å²) >= 11 is 0. The number of aliphatic carboxylic acids is 1. The van der Waals surface area contributed by atoms with Crippen LogP contribution in [0.15, 0.2) is 24.3 Å². The molecule has 0 heterocycles. The van der Waals surface area contributed by atoms with E-state index in [2.05, 4.69) is 5.32 Å². The zero-order valence-electron chi connectivity index (χ0n) is 17.3. The molecule has 0 radical (unpaired) electrons. The predicted molar refractivity (Wildman–Crippen MR) is 110 cm³/mol. The average Bonchev–Trinajstić information content (AvgIpc) is 2.59. The molecule has 0 bridgehead atoms. The molecular formula is C22H35FN2O3. The summed E-state index contributed by atoms with van der Waals surface area (Å²) in [6.45, 7) is 0.521. The second-order valence-corrected chi connectivity index (χ2v) is 7.73. The summed E-state index contributed by atoms with van der Waals surface area (Å²) in [6.07, 6.45) is 8.76. The highest BCUT2D eigenvalue weighted by Crippen LogP contribution is 2.12. The van der Waals surface area contributed by atoms with Crippen LogP contribution in [-0.2, 0) is 16.0 Å². The first-order valence-electron chi connectivity index (χ1n) is 10.3. The summed E-state index contributed by atoms with van der Waals surface area (Å²) in [5.41, 5.74) is 1.06. The number of halogens is 1. The van der Waals surface area contributed by atoms with Crippen molar-refractivity contribution in [3.8, 4) is 0 Å². The van der Waals surface area contributed by atoms with Crippen molar-refractivity contribution in [2.45, 2.75) is 70.3 Å². The molecule has 0 saturated carbocycles. The van der Waals surface area contributed by atoms with E-state index < -0.39 is 5.97 Å². The van der Waals surface area contributed by atoms with E-state index in [1.54, 1.807) is 12.1 Å². The fourth-order valence-electron chi connectivity index (χ4n) is 3.30. The van der Waals surface area contributed by atoms with Gasteiger partial charge in [-0.05, 0) is 51.1 Å². The summed E-state index contributed by atoms with van der Waals surface area (Å²) < 4.78 is 13.1. The second kappa shape index (κ2) is 14.1. The number of hydrogen-bond donors (Lipinski definition) is 2. The molecule has 1 aromatic rings. The number of aryl methyl sites for hydroxylation is 1. The Balaban J connectivity index is 2.03. The first-order chi connectivity index (χ1) is 13.4. The second-order valence-electron chi connectivity index (χ2n) is 7.73. The third-order valence-corrected chi connectivity index (χ3v) is 4.63. The Morgan fingerprint density at radius 3 is 2.32 bits per heavy atom. The van der Waals surface area contributed by atoms with Gasteiger partial charge in [-0.1, -0.05) is 44.2 Å². The number of amides is 1. The van der Waals surface area contributed by atoms with E-state index in [4.69, 9.17) is 5.11 Å². The van der Waals surface area contributed by atoms with Crippen LogP contribution in [0.5, 0.6) is 0 Å². The lowest BCUT2D eigenvalue weighted by molar-refractivity contribution is -0.137. The zero-order valence-corrected chi connectivity index (χ0v) is 17.3. The van der Waals surface area contributed by atoms with Crippen molar-refractivity contribution < 1.29 is 19.1 Å². The lowest BCUT2D eigenvalue weighted by Crippen LogP contribution is -2.42. The Bertz CT molecular complexity index is 593. The Kier molecular flexibility index (Phi) is 12.1. The molecule has 0 saturated heterocycles. The predicted octanol–water partition coefficient (Wildman–Crippen LogP) is 4.01. The van der Waals surface area contributed by atoms with Crippen molar-refractivity contribution in [2.24, 2.45) is 0 Å². The normalized spacial score (nSPS) is 12.1. The Labute approximate surface area is 168 Å². The van der Waals surface area contributed by atoms with Gasteiger partial charge in [-0.25, -0.2) is 4.39 Å². The van der Waals surface area contributed by atoms with Crippen molar-refractivity contribution in [1.82, 2.24) is 10.2 Å². The van der Waals surface area contributed by atoms with Crippen LogP contribution < -0.4 is 5.32 Å². The smallest absolute Gasteiger partial charge is 0.305 e. The molecule has 0 aliphatic rings. The molecule has 0 fully saturated rings. The van der Waals surface area contributed by atoms with Gasteiger partial charge in [0.15, 0.2) is 0 Å². The molecule has 5 nitrogen and oxygen atoms in total. The van der Waals surface area contributed by atoms with Gasteiger partial charge in [0.25, 0.3) is 0 Å². The largest absolute Gasteiger partial charge is 0.481 e. The third-order valence-electron chi connectivity index (χ3n) is 4.63. The van der Waals surface area contributed by atoms with E-state index in [9.17, 15) is 14.0 Å². The monoisotopic (exact) mass is 394 g/mol. The zero-order chi connectivity index (χ0) is 20.8. The molecule has 0 aliphatic heterocycles. The molecule has 2 N–H and O–H groups in total. The lowest BCUT2D eigenvalue weighted by atomic mass is 10.0. The summed E-state index contributed by atoms with van der Waals surface area (Å²) in [5.74, 6) is -1.13. The minimum Gasteiger partial charge on any atom is -0.481 e. The molecular weight excluding hydrogens is 359 g/mol. The van der Waals surface area contributed by atoms with Gasteiger partial charge in [0.05, 0.1) is 12.5 Å². The molecule has 1 aromatic carbocycles. The van der Waals surface area contributed by atoms with Crippen molar-refractivity contribution in [3.63, 3.8) is 0 Å². The SMILES string of the molecule is CN(C)CC(CC(=O)O)NC(=O)CCCCCCCCCc1cccc(F)c1. The van der Waals surface area contributed by atoms with Crippen LogP contribution in [0.25, 0.3) is 0 Å². The van der Waals surface area contributed by atoms with Crippen LogP contribution in [0.3, 0.4) is 0 Å². The van der Waals surface area contributed by atoms with Crippen molar-refractivity contribution >= 4 is 11.9 Å². The van der Waals surface area contributed by atoms with E-state index in [0.717, 1.165) is 56.9 Å². The highest BCUT2D eigenvalue weighted by molar-refractivity contribution is 5.77. The van der Waals surface area contributed by atoms with Gasteiger partial charge in [-0.15, -0.1) is 0 Å². The van der Waals surface area contributed by atoms with E-state index in [-0.39, 0.29) is 24.2 Å². The number of rotatable bonds is 15. The van der Waals surface area contributed by atoms with E-state index >= 15 is 0 Å². The van der Waals surface area contributed by atoms with Crippen LogP contribution in [0.4, 0.5) is 4.39 Å². The summed E-state index contributed by atoms with van der Waals surface area (Å²) in [6, 6.07) is 6.44. The molecule has 1 atom stereocenters. The minimum atomic E-state index is -0.899. The number of unbranched alkanes of at least 4 members (excludes halogenated alkanes) is 6. The summed E-state index contributed by atoms with van der Waals surface area (Å²) in [4.78, 5) is 24.8. The van der Waals surface area contributed by atoms with E-state index in [0.29, 0.717) is 13.0 Å². The average molecular weight is 395 g/mol. The Morgan fingerprint density at radius 2 is 1.71 bits per heavy atom. The molecule has 6 heteroatoms. The van der Waals surface area contributed by atoms with Crippen LogP contribution in [0.1, 0.15) is 63.4 Å². The fourth-order valence-corrected chi connectivity index (χ4v) is 3.30. The van der Waals surface area contributed by atoms with Gasteiger partial charge in [0.1, 0.15) is 5.82 Å². The van der Waals surface area contributed by atoms with E-state index in [1.807, 2.05) is 25.1 Å². The van der Waals surface area contributed by atoms with Crippen LogP contribution >= 0.6 is 0 Å². The molecule has 158 valence electrons. The van der Waals surface area contributed by atoms with Crippen molar-refractivity contribution in [3.05, 3.63) is 35.6 Å². The third kappa shape index (κ3) is 12.4. The number of carbonyl (C=O) groups excluding carboxylic acids is 1. The number of benzene rings is 1. The van der Waals surface area contributed by atoms with E-state index in [1.165, 1.54) is 6.07 Å².